The topological polar surface area (TPSA) is 29.9 Å². The van der Waals surface area contributed by atoms with Gasteiger partial charge in [0.05, 0.1) is 16.9 Å². The van der Waals surface area contributed by atoms with Crippen molar-refractivity contribution in [1.29, 1.82) is 0 Å². The van der Waals surface area contributed by atoms with Crippen LogP contribution in [0.4, 0.5) is 0 Å². The van der Waals surface area contributed by atoms with Gasteiger partial charge < -0.3 is 5.32 Å². The molecule has 1 unspecified atom stereocenters. The number of nitrogens with zero attached hydrogens (tertiary/aromatic N) is 2. The fraction of sp³-hybridized carbons (Fsp3) is 0.700. The lowest BCUT2D eigenvalue weighted by Gasteiger charge is -2.12. The fourth-order valence-electron chi connectivity index (χ4n) is 1.61. The van der Waals surface area contributed by atoms with Gasteiger partial charge in [-0.2, -0.15) is 5.10 Å². The Labute approximate surface area is 90.4 Å². The van der Waals surface area contributed by atoms with Crippen molar-refractivity contribution in [2.75, 3.05) is 13.6 Å². The highest BCUT2D eigenvalue weighted by Crippen LogP contribution is 2.18. The zero-order valence-corrected chi connectivity index (χ0v) is 9.80. The van der Waals surface area contributed by atoms with Gasteiger partial charge in [-0.15, -0.1) is 0 Å². The monoisotopic (exact) mass is 215 g/mol. The minimum Gasteiger partial charge on any atom is -0.319 e. The molecular formula is C10H18ClN3. The average Bonchev–Trinajstić information content (AvgIpc) is 2.48. The van der Waals surface area contributed by atoms with Gasteiger partial charge in [0.15, 0.2) is 0 Å². The summed E-state index contributed by atoms with van der Waals surface area (Å²) < 4.78 is 1.97. The maximum absolute atomic E-state index is 6.06. The van der Waals surface area contributed by atoms with Crippen LogP contribution in [0.5, 0.6) is 0 Å². The summed E-state index contributed by atoms with van der Waals surface area (Å²) in [6.07, 6.45) is 2.71. The van der Waals surface area contributed by atoms with Gasteiger partial charge in [-0.3, -0.25) is 4.68 Å². The minimum absolute atomic E-state index is 0.583. The van der Waals surface area contributed by atoms with Crippen LogP contribution in [-0.2, 0) is 13.0 Å². The number of aryl methyl sites for hydroxylation is 1. The zero-order valence-electron chi connectivity index (χ0n) is 9.05. The third-order valence-corrected chi connectivity index (χ3v) is 2.61. The molecule has 0 aliphatic heterocycles. The number of aromatic nitrogens is 2. The van der Waals surface area contributed by atoms with Crippen molar-refractivity contribution in [3.05, 3.63) is 16.9 Å². The summed E-state index contributed by atoms with van der Waals surface area (Å²) in [5.41, 5.74) is 1.15. The predicted octanol–water partition coefficient (Wildman–Crippen LogP) is 1.95. The first kappa shape index (κ1) is 11.5. The van der Waals surface area contributed by atoms with E-state index in [9.17, 15) is 0 Å². The molecular weight excluding hydrogens is 198 g/mol. The van der Waals surface area contributed by atoms with Crippen LogP contribution in [0.3, 0.4) is 0 Å². The van der Waals surface area contributed by atoms with Crippen LogP contribution in [-0.4, -0.2) is 23.4 Å². The molecule has 0 aromatic carbocycles. The van der Waals surface area contributed by atoms with Crippen molar-refractivity contribution >= 4 is 11.6 Å². The van der Waals surface area contributed by atoms with Crippen molar-refractivity contribution < 1.29 is 0 Å². The Morgan fingerprint density at radius 2 is 2.36 bits per heavy atom. The van der Waals surface area contributed by atoms with Gasteiger partial charge in [0.1, 0.15) is 0 Å². The molecule has 0 saturated carbocycles. The number of rotatable bonds is 5. The Balaban J connectivity index is 2.68. The molecule has 0 fully saturated rings. The summed E-state index contributed by atoms with van der Waals surface area (Å²) in [5, 5.41) is 8.16. The van der Waals surface area contributed by atoms with E-state index in [1.54, 1.807) is 6.20 Å². The molecule has 1 aromatic rings. The van der Waals surface area contributed by atoms with Crippen LogP contribution in [0, 0.1) is 5.92 Å². The Bertz CT molecular complexity index is 283. The molecule has 4 heteroatoms. The summed E-state index contributed by atoms with van der Waals surface area (Å²) >= 11 is 6.06. The quantitative estimate of drug-likeness (QED) is 0.814. The lowest BCUT2D eigenvalue weighted by molar-refractivity contribution is 0.508. The molecule has 0 aliphatic rings. The van der Waals surface area contributed by atoms with E-state index in [2.05, 4.69) is 24.3 Å². The van der Waals surface area contributed by atoms with Gasteiger partial charge in [0, 0.05) is 6.54 Å². The van der Waals surface area contributed by atoms with Crippen molar-refractivity contribution in [2.45, 2.75) is 26.8 Å². The first-order valence-corrected chi connectivity index (χ1v) is 5.41. The largest absolute Gasteiger partial charge is 0.319 e. The van der Waals surface area contributed by atoms with E-state index in [-0.39, 0.29) is 0 Å². The molecule has 0 spiro atoms. The third kappa shape index (κ3) is 2.72. The van der Waals surface area contributed by atoms with E-state index in [0.29, 0.717) is 5.92 Å². The molecule has 0 amide bonds. The first-order valence-electron chi connectivity index (χ1n) is 5.03. The summed E-state index contributed by atoms with van der Waals surface area (Å²) in [6.45, 7) is 6.18. The molecule has 1 aromatic heterocycles. The van der Waals surface area contributed by atoms with E-state index >= 15 is 0 Å². The number of hydrogen-bond acceptors (Lipinski definition) is 2. The SMILES string of the molecule is CCn1ncc(Cl)c1CC(C)CNC. The maximum atomic E-state index is 6.06. The highest BCUT2D eigenvalue weighted by atomic mass is 35.5. The van der Waals surface area contributed by atoms with E-state index in [4.69, 9.17) is 11.6 Å². The summed E-state index contributed by atoms with van der Waals surface area (Å²) in [5.74, 6) is 0.583. The van der Waals surface area contributed by atoms with E-state index in [1.165, 1.54) is 0 Å². The summed E-state index contributed by atoms with van der Waals surface area (Å²) in [6, 6.07) is 0. The molecule has 0 radical (unpaired) electrons. The highest BCUT2D eigenvalue weighted by molar-refractivity contribution is 6.31. The van der Waals surface area contributed by atoms with Gasteiger partial charge in [0.2, 0.25) is 0 Å². The molecule has 3 nitrogen and oxygen atoms in total. The van der Waals surface area contributed by atoms with Crippen LogP contribution in [0.15, 0.2) is 6.20 Å². The first-order chi connectivity index (χ1) is 6.69. The number of hydrogen-bond donors (Lipinski definition) is 1. The second-order valence-electron chi connectivity index (χ2n) is 3.62. The van der Waals surface area contributed by atoms with Crippen LogP contribution >= 0.6 is 11.6 Å². The highest BCUT2D eigenvalue weighted by Gasteiger charge is 2.11. The van der Waals surface area contributed by atoms with Crippen molar-refractivity contribution in [3.8, 4) is 0 Å². The predicted molar refractivity (Wildman–Crippen MR) is 59.7 cm³/mol. The van der Waals surface area contributed by atoms with E-state index < -0.39 is 0 Å². The fourth-order valence-corrected chi connectivity index (χ4v) is 1.83. The normalized spacial score (nSPS) is 13.1. The molecule has 0 aliphatic carbocycles. The minimum atomic E-state index is 0.583. The molecule has 14 heavy (non-hydrogen) atoms. The maximum Gasteiger partial charge on any atom is 0.0817 e. The second kappa shape index (κ2) is 5.37. The average molecular weight is 216 g/mol. The molecule has 1 N–H and O–H groups in total. The molecule has 80 valence electrons. The van der Waals surface area contributed by atoms with Gasteiger partial charge in [0.25, 0.3) is 0 Å². The Morgan fingerprint density at radius 1 is 1.64 bits per heavy atom. The lowest BCUT2D eigenvalue weighted by Crippen LogP contribution is -2.19. The third-order valence-electron chi connectivity index (χ3n) is 2.29. The summed E-state index contributed by atoms with van der Waals surface area (Å²) in [7, 11) is 1.97. The molecule has 1 atom stereocenters. The molecule has 1 rings (SSSR count). The van der Waals surface area contributed by atoms with E-state index in [0.717, 1.165) is 30.2 Å². The zero-order chi connectivity index (χ0) is 10.6. The molecule has 0 bridgehead atoms. The van der Waals surface area contributed by atoms with Crippen LogP contribution in [0.2, 0.25) is 5.02 Å². The number of nitrogens with one attached hydrogen (secondary N) is 1. The van der Waals surface area contributed by atoms with Crippen LogP contribution in [0.1, 0.15) is 19.5 Å². The Hall–Kier alpha value is -0.540. The Kier molecular flexibility index (Phi) is 4.42. The van der Waals surface area contributed by atoms with Crippen molar-refractivity contribution in [2.24, 2.45) is 5.92 Å². The number of halogens is 1. The Morgan fingerprint density at radius 3 is 2.93 bits per heavy atom. The van der Waals surface area contributed by atoms with Gasteiger partial charge >= 0.3 is 0 Å². The van der Waals surface area contributed by atoms with Crippen molar-refractivity contribution in [3.63, 3.8) is 0 Å². The summed E-state index contributed by atoms with van der Waals surface area (Å²) in [4.78, 5) is 0. The van der Waals surface area contributed by atoms with Crippen LogP contribution in [0.25, 0.3) is 0 Å². The lowest BCUT2D eigenvalue weighted by atomic mass is 10.1. The smallest absolute Gasteiger partial charge is 0.0817 e. The van der Waals surface area contributed by atoms with Gasteiger partial charge in [-0.25, -0.2) is 0 Å². The molecule has 0 saturated heterocycles. The van der Waals surface area contributed by atoms with Crippen molar-refractivity contribution in [1.82, 2.24) is 15.1 Å². The van der Waals surface area contributed by atoms with Gasteiger partial charge in [-0.1, -0.05) is 18.5 Å². The second-order valence-corrected chi connectivity index (χ2v) is 4.03. The molecule has 1 heterocycles. The van der Waals surface area contributed by atoms with Gasteiger partial charge in [-0.05, 0) is 32.9 Å². The van der Waals surface area contributed by atoms with E-state index in [1.807, 2.05) is 11.7 Å². The standard InChI is InChI=1S/C10H18ClN3/c1-4-14-10(9(11)7-13-14)5-8(2)6-12-3/h7-8,12H,4-6H2,1-3H3. The van der Waals surface area contributed by atoms with Crippen LogP contribution < -0.4 is 5.32 Å².